The fraction of sp³-hybridized carbons (Fsp3) is 1.00. The molecule has 1 saturated heterocycles. The normalized spacial score (nSPS) is 46.5. The maximum Gasteiger partial charge on any atom is 0.0504 e. The summed E-state index contributed by atoms with van der Waals surface area (Å²) >= 11 is 0. The first-order chi connectivity index (χ1) is 6.29. The van der Waals surface area contributed by atoms with E-state index in [1.807, 2.05) is 0 Å². The van der Waals surface area contributed by atoms with Crippen molar-refractivity contribution in [2.24, 2.45) is 0 Å². The van der Waals surface area contributed by atoms with Gasteiger partial charge in [0.25, 0.3) is 0 Å². The lowest BCUT2D eigenvalue weighted by Crippen LogP contribution is -2.52. The van der Waals surface area contributed by atoms with Gasteiger partial charge in [-0.1, -0.05) is 19.3 Å². The third-order valence-corrected chi connectivity index (χ3v) is 5.44. The molecule has 2 aliphatic rings. The minimum atomic E-state index is -0.575. The van der Waals surface area contributed by atoms with E-state index in [1.54, 1.807) is 0 Å². The number of hydrogen-bond donors (Lipinski definition) is 1. The zero-order chi connectivity index (χ0) is 9.26. The lowest BCUT2D eigenvalue weighted by atomic mass is 10.1. The Morgan fingerprint density at radius 3 is 2.85 bits per heavy atom. The molecule has 0 aromatic rings. The molecule has 4 unspecified atom stereocenters. The molecule has 1 aliphatic heterocycles. The van der Waals surface area contributed by atoms with Crippen LogP contribution in [-0.2, 0) is 10.8 Å². The zero-order valence-electron chi connectivity index (χ0n) is 8.29. The van der Waals surface area contributed by atoms with Gasteiger partial charge < -0.3 is 5.32 Å². The van der Waals surface area contributed by atoms with Crippen molar-refractivity contribution in [3.63, 3.8) is 0 Å². The molecule has 0 aromatic carbocycles. The molecule has 2 rings (SSSR count). The van der Waals surface area contributed by atoms with Crippen LogP contribution in [-0.4, -0.2) is 27.3 Å². The van der Waals surface area contributed by atoms with Gasteiger partial charge in [0.05, 0.1) is 5.25 Å². The van der Waals surface area contributed by atoms with Gasteiger partial charge in [-0.15, -0.1) is 0 Å². The molecule has 3 heteroatoms. The average Bonchev–Trinajstić information content (AvgIpc) is 2.36. The van der Waals surface area contributed by atoms with Crippen molar-refractivity contribution in [1.29, 1.82) is 0 Å². The summed E-state index contributed by atoms with van der Waals surface area (Å²) in [6, 6.07) is 0.555. The van der Waals surface area contributed by atoms with Crippen LogP contribution in [0.2, 0.25) is 0 Å². The Morgan fingerprint density at radius 2 is 2.00 bits per heavy atom. The highest BCUT2D eigenvalue weighted by Crippen LogP contribution is 2.26. The van der Waals surface area contributed by atoms with E-state index >= 15 is 0 Å². The molecule has 0 amide bonds. The maximum atomic E-state index is 12.0. The van der Waals surface area contributed by atoms with Crippen molar-refractivity contribution in [2.45, 2.75) is 55.6 Å². The molecule has 1 heterocycles. The minimum Gasteiger partial charge on any atom is -0.312 e. The summed E-state index contributed by atoms with van der Waals surface area (Å²) in [6.07, 6.45) is 6.35. The van der Waals surface area contributed by atoms with E-state index in [0.717, 1.165) is 6.54 Å². The first-order valence-electron chi connectivity index (χ1n) is 5.42. The SMILES string of the molecule is CC1CNC2CCCCCC2S1=O. The van der Waals surface area contributed by atoms with E-state index in [2.05, 4.69) is 12.2 Å². The zero-order valence-corrected chi connectivity index (χ0v) is 9.11. The Labute approximate surface area is 82.9 Å². The second-order valence-corrected chi connectivity index (χ2v) is 6.40. The van der Waals surface area contributed by atoms with Gasteiger partial charge in [-0.3, -0.25) is 4.21 Å². The van der Waals surface area contributed by atoms with Gasteiger partial charge >= 0.3 is 0 Å². The van der Waals surface area contributed by atoms with Gasteiger partial charge in [0.1, 0.15) is 0 Å². The summed E-state index contributed by atoms with van der Waals surface area (Å²) in [7, 11) is -0.575. The fourth-order valence-corrected chi connectivity index (χ4v) is 4.30. The molecule has 1 aliphatic carbocycles. The summed E-state index contributed by atoms with van der Waals surface area (Å²) < 4.78 is 12.0. The van der Waals surface area contributed by atoms with Crippen molar-refractivity contribution in [1.82, 2.24) is 5.32 Å². The quantitative estimate of drug-likeness (QED) is 0.642. The molecule has 0 spiro atoms. The number of hydrogen-bond acceptors (Lipinski definition) is 2. The molecular formula is C10H19NOS. The van der Waals surface area contributed by atoms with Crippen molar-refractivity contribution in [2.75, 3.05) is 6.54 Å². The molecule has 1 N–H and O–H groups in total. The predicted molar refractivity (Wildman–Crippen MR) is 56.3 cm³/mol. The molecule has 0 bridgehead atoms. The van der Waals surface area contributed by atoms with Crippen LogP contribution in [0.3, 0.4) is 0 Å². The van der Waals surface area contributed by atoms with Crippen LogP contribution in [0.4, 0.5) is 0 Å². The van der Waals surface area contributed by atoms with Crippen LogP contribution in [0.5, 0.6) is 0 Å². The summed E-state index contributed by atoms with van der Waals surface area (Å²) in [5.74, 6) is 0. The van der Waals surface area contributed by atoms with Crippen LogP contribution >= 0.6 is 0 Å². The van der Waals surface area contributed by atoms with E-state index in [4.69, 9.17) is 0 Å². The Morgan fingerprint density at radius 1 is 1.23 bits per heavy atom. The van der Waals surface area contributed by atoms with Crippen LogP contribution in [0.15, 0.2) is 0 Å². The second kappa shape index (κ2) is 4.09. The smallest absolute Gasteiger partial charge is 0.0504 e. The van der Waals surface area contributed by atoms with Gasteiger partial charge in [-0.2, -0.15) is 0 Å². The standard InChI is InChI=1S/C10H19NOS/c1-8-7-11-9-5-3-2-4-6-10(9)13(8)12/h8-11H,2-7H2,1H3. The molecule has 1 saturated carbocycles. The molecule has 0 radical (unpaired) electrons. The van der Waals surface area contributed by atoms with E-state index in [-0.39, 0.29) is 0 Å². The monoisotopic (exact) mass is 201 g/mol. The van der Waals surface area contributed by atoms with Gasteiger partial charge in [-0.05, 0) is 19.8 Å². The van der Waals surface area contributed by atoms with Gasteiger partial charge in [0, 0.05) is 28.6 Å². The maximum absolute atomic E-state index is 12.0. The third kappa shape index (κ3) is 1.96. The highest BCUT2D eigenvalue weighted by molar-refractivity contribution is 7.86. The Hall–Kier alpha value is 0.110. The second-order valence-electron chi connectivity index (χ2n) is 4.33. The first kappa shape index (κ1) is 9.66. The highest BCUT2D eigenvalue weighted by atomic mass is 32.2. The summed E-state index contributed by atoms with van der Waals surface area (Å²) in [5.41, 5.74) is 0. The van der Waals surface area contributed by atoms with Crippen LogP contribution in [0.25, 0.3) is 0 Å². The van der Waals surface area contributed by atoms with Crippen molar-refractivity contribution in [3.8, 4) is 0 Å². The van der Waals surface area contributed by atoms with Crippen LogP contribution < -0.4 is 5.32 Å². The predicted octanol–water partition coefficient (Wildman–Crippen LogP) is 1.43. The highest BCUT2D eigenvalue weighted by Gasteiger charge is 2.34. The summed E-state index contributed by atoms with van der Waals surface area (Å²) in [4.78, 5) is 0. The van der Waals surface area contributed by atoms with Gasteiger partial charge in [-0.25, -0.2) is 0 Å². The molecule has 0 aromatic heterocycles. The summed E-state index contributed by atoms with van der Waals surface area (Å²) in [5, 5.41) is 4.36. The van der Waals surface area contributed by atoms with Gasteiger partial charge in [0.2, 0.25) is 0 Å². The number of fused-ring (bicyclic) bond motifs is 1. The average molecular weight is 201 g/mol. The Balaban J connectivity index is 2.08. The largest absolute Gasteiger partial charge is 0.312 e. The van der Waals surface area contributed by atoms with E-state index in [0.29, 0.717) is 16.5 Å². The number of nitrogens with one attached hydrogen (secondary N) is 1. The molecule has 76 valence electrons. The number of rotatable bonds is 0. The minimum absolute atomic E-state index is 0.361. The van der Waals surface area contributed by atoms with E-state index < -0.39 is 10.8 Å². The van der Waals surface area contributed by atoms with Crippen LogP contribution in [0.1, 0.15) is 39.0 Å². The topological polar surface area (TPSA) is 29.1 Å². The molecule has 2 nitrogen and oxygen atoms in total. The van der Waals surface area contributed by atoms with Crippen molar-refractivity contribution < 1.29 is 4.21 Å². The molecule has 4 atom stereocenters. The molecule has 2 fully saturated rings. The van der Waals surface area contributed by atoms with Gasteiger partial charge in [0.15, 0.2) is 0 Å². The van der Waals surface area contributed by atoms with E-state index in [1.165, 1.54) is 32.1 Å². The fourth-order valence-electron chi connectivity index (χ4n) is 2.48. The summed E-state index contributed by atoms with van der Waals surface area (Å²) in [6.45, 7) is 3.05. The van der Waals surface area contributed by atoms with Crippen molar-refractivity contribution >= 4 is 10.8 Å². The third-order valence-electron chi connectivity index (χ3n) is 3.32. The molecular weight excluding hydrogens is 182 g/mol. The lowest BCUT2D eigenvalue weighted by molar-refractivity contribution is 0.440. The Bertz CT molecular complexity index is 207. The first-order valence-corrected chi connectivity index (χ1v) is 6.69. The van der Waals surface area contributed by atoms with Crippen molar-refractivity contribution in [3.05, 3.63) is 0 Å². The molecule has 13 heavy (non-hydrogen) atoms. The Kier molecular flexibility index (Phi) is 3.04. The van der Waals surface area contributed by atoms with E-state index in [9.17, 15) is 4.21 Å². The van der Waals surface area contributed by atoms with Crippen LogP contribution in [0, 0.1) is 0 Å². The lowest BCUT2D eigenvalue weighted by Gasteiger charge is -2.34.